The van der Waals surface area contributed by atoms with E-state index in [4.69, 9.17) is 15.0 Å². The van der Waals surface area contributed by atoms with Crippen molar-refractivity contribution in [1.82, 2.24) is 0 Å². The molecule has 4 nitrogen and oxygen atoms in total. The number of hydrogen-bond acceptors (Lipinski definition) is 4. The van der Waals surface area contributed by atoms with Crippen LogP contribution in [0, 0.1) is 0 Å². The first-order valence-corrected chi connectivity index (χ1v) is 1.43. The third kappa shape index (κ3) is 29.2. The SMILES string of the molecule is COC(=O)[O-].C[O-].[Ba+2]. The third-order valence-corrected chi connectivity index (χ3v) is 0.167. The van der Waals surface area contributed by atoms with Crippen LogP contribution in [0.3, 0.4) is 0 Å². The first-order valence-electron chi connectivity index (χ1n) is 1.43. The molecule has 0 N–H and O–H groups in total. The number of carboxylic acid groups (broad SMARTS) is 1. The zero-order valence-corrected chi connectivity index (χ0v) is 9.28. The molecule has 0 fully saturated rings. The van der Waals surface area contributed by atoms with Gasteiger partial charge in [0.05, 0.1) is 0 Å². The Kier molecular flexibility index (Phi) is 31.1. The first-order chi connectivity index (χ1) is 3.27. The van der Waals surface area contributed by atoms with Gasteiger partial charge in [0, 0.05) is 7.11 Å². The van der Waals surface area contributed by atoms with E-state index in [0.29, 0.717) is 0 Å². The number of methoxy groups -OCH3 is 1. The fourth-order valence-corrected chi connectivity index (χ4v) is 0. The van der Waals surface area contributed by atoms with Gasteiger partial charge in [-0.2, -0.15) is 7.11 Å². The number of carbonyl (C=O) groups excluding carboxylic acids is 1. The van der Waals surface area contributed by atoms with Gasteiger partial charge >= 0.3 is 48.9 Å². The monoisotopic (exact) mass is 244 g/mol. The fourth-order valence-electron chi connectivity index (χ4n) is 0. The molecule has 0 aromatic heterocycles. The van der Waals surface area contributed by atoms with Crippen LogP contribution in [0.5, 0.6) is 0 Å². The second-order valence-electron chi connectivity index (χ2n) is 0.454. The van der Waals surface area contributed by atoms with Gasteiger partial charge in [-0.15, -0.1) is 0 Å². The van der Waals surface area contributed by atoms with Crippen molar-refractivity contribution in [3.63, 3.8) is 0 Å². The van der Waals surface area contributed by atoms with Crippen LogP contribution >= 0.6 is 0 Å². The molecule has 8 heavy (non-hydrogen) atoms. The molecule has 0 amide bonds. The number of hydrogen-bond donors (Lipinski definition) is 0. The molecule has 0 spiro atoms. The summed E-state index contributed by atoms with van der Waals surface area (Å²) in [6.07, 6.45) is -1.50. The van der Waals surface area contributed by atoms with E-state index in [-0.39, 0.29) is 48.9 Å². The van der Waals surface area contributed by atoms with Crippen LogP contribution in [0.1, 0.15) is 0 Å². The zero-order chi connectivity index (χ0) is 6.28. The molecule has 0 bridgehead atoms. The first kappa shape index (κ1) is 15.9. The predicted octanol–water partition coefficient (Wildman–Crippen LogP) is -2.43. The Morgan fingerprint density at radius 2 is 1.62 bits per heavy atom. The Labute approximate surface area is 87.9 Å². The van der Waals surface area contributed by atoms with Gasteiger partial charge in [0.2, 0.25) is 0 Å². The fraction of sp³-hybridized carbons (Fsp3) is 0.667. The second-order valence-corrected chi connectivity index (χ2v) is 0.454. The molecule has 0 heterocycles. The van der Waals surface area contributed by atoms with Crippen molar-refractivity contribution in [2.75, 3.05) is 14.2 Å². The molecule has 44 valence electrons. The molecule has 0 aliphatic rings. The molecule has 0 rings (SSSR count). The Morgan fingerprint density at radius 1 is 1.50 bits per heavy atom. The Morgan fingerprint density at radius 3 is 1.62 bits per heavy atom. The van der Waals surface area contributed by atoms with Gasteiger partial charge in [0.15, 0.2) is 0 Å². The van der Waals surface area contributed by atoms with Crippen LogP contribution in [-0.2, 0) is 4.74 Å². The summed E-state index contributed by atoms with van der Waals surface area (Å²) >= 11 is 0. The average Bonchev–Trinajstić information content (AvgIpc) is 1.73. The van der Waals surface area contributed by atoms with Crippen molar-refractivity contribution >= 4 is 55.0 Å². The van der Waals surface area contributed by atoms with Crippen molar-refractivity contribution in [3.8, 4) is 0 Å². The molecule has 0 aromatic carbocycles. The van der Waals surface area contributed by atoms with Crippen LogP contribution in [0.25, 0.3) is 0 Å². The van der Waals surface area contributed by atoms with Crippen molar-refractivity contribution in [1.29, 1.82) is 0 Å². The van der Waals surface area contributed by atoms with Gasteiger partial charge in [-0.1, -0.05) is 0 Å². The molecule has 0 saturated carbocycles. The average molecular weight is 243 g/mol. The molecular weight excluding hydrogens is 237 g/mol. The van der Waals surface area contributed by atoms with Gasteiger partial charge < -0.3 is 19.7 Å². The van der Waals surface area contributed by atoms with Crippen molar-refractivity contribution in [2.24, 2.45) is 0 Å². The van der Waals surface area contributed by atoms with Crippen LogP contribution in [-0.4, -0.2) is 69.3 Å². The van der Waals surface area contributed by atoms with Gasteiger partial charge in [0.1, 0.15) is 0 Å². The molecule has 0 aromatic rings. The largest absolute Gasteiger partial charge is 2.00 e. The molecule has 5 heteroatoms. The van der Waals surface area contributed by atoms with Gasteiger partial charge in [-0.3, -0.25) is 0 Å². The minimum Gasteiger partial charge on any atom is -0.857 e. The van der Waals surface area contributed by atoms with Crippen molar-refractivity contribution < 1.29 is 19.7 Å². The number of rotatable bonds is 0. The van der Waals surface area contributed by atoms with Crippen molar-refractivity contribution in [3.05, 3.63) is 0 Å². The minimum atomic E-state index is -1.50. The quantitative estimate of drug-likeness (QED) is 0.350. The summed E-state index contributed by atoms with van der Waals surface area (Å²) in [4.78, 5) is 9.03. The summed E-state index contributed by atoms with van der Waals surface area (Å²) in [5, 5.41) is 17.3. The van der Waals surface area contributed by atoms with E-state index in [1.807, 2.05) is 0 Å². The number of carbonyl (C=O) groups is 1. The summed E-state index contributed by atoms with van der Waals surface area (Å²) in [5.41, 5.74) is 0. The maximum atomic E-state index is 9.03. The second kappa shape index (κ2) is 15.7. The Hall–Kier alpha value is 0.801. The van der Waals surface area contributed by atoms with E-state index in [9.17, 15) is 0 Å². The summed E-state index contributed by atoms with van der Waals surface area (Å²) in [6.45, 7) is 0. The van der Waals surface area contributed by atoms with Crippen molar-refractivity contribution in [2.45, 2.75) is 0 Å². The molecule has 0 radical (unpaired) electrons. The van der Waals surface area contributed by atoms with Gasteiger partial charge in [-0.25, -0.2) is 0 Å². The smallest absolute Gasteiger partial charge is 0.857 e. The summed E-state index contributed by atoms with van der Waals surface area (Å²) < 4.78 is 3.56. The summed E-state index contributed by atoms with van der Waals surface area (Å²) in [6, 6.07) is 0. The third-order valence-electron chi connectivity index (χ3n) is 0.167. The van der Waals surface area contributed by atoms with Crippen LogP contribution < -0.4 is 10.2 Å². The van der Waals surface area contributed by atoms with Gasteiger partial charge in [-0.05, 0) is 0 Å². The predicted molar refractivity (Wildman–Crippen MR) is 24.1 cm³/mol. The Bertz CT molecular complexity index is 46.5. The molecule has 0 aliphatic heterocycles. The Balaban J connectivity index is -0.0000000750. The van der Waals surface area contributed by atoms with E-state index >= 15 is 0 Å². The maximum Gasteiger partial charge on any atom is 2.00 e. The molecule has 0 aliphatic carbocycles. The maximum absolute atomic E-state index is 9.03. The van der Waals surface area contributed by atoms with E-state index < -0.39 is 6.16 Å². The normalized spacial score (nSPS) is 4.88. The molecule has 0 unspecified atom stereocenters. The minimum absolute atomic E-state index is 0. The molecule has 0 saturated heterocycles. The van der Waals surface area contributed by atoms with Crippen LogP contribution in [0.15, 0.2) is 0 Å². The van der Waals surface area contributed by atoms with E-state index in [1.54, 1.807) is 0 Å². The van der Waals surface area contributed by atoms with Crippen LogP contribution in [0.2, 0.25) is 0 Å². The molecule has 0 atom stereocenters. The van der Waals surface area contributed by atoms with E-state index in [2.05, 4.69) is 4.74 Å². The van der Waals surface area contributed by atoms with E-state index in [0.717, 1.165) is 14.2 Å². The standard InChI is InChI=1S/C2H4O3.CH3O.Ba/c1-5-2(3)4;1-2;/h1H3,(H,3,4);1H3;/q;-1;+2/p-1. The molecular formula is C3H6BaO4. The summed E-state index contributed by atoms with van der Waals surface area (Å²) in [7, 11) is 1.79. The van der Waals surface area contributed by atoms with Crippen LogP contribution in [0.4, 0.5) is 4.79 Å². The zero-order valence-electron chi connectivity index (χ0n) is 4.84. The topological polar surface area (TPSA) is 72.4 Å². The van der Waals surface area contributed by atoms with E-state index in [1.165, 1.54) is 0 Å². The number of ether oxygens (including phenoxy) is 1. The summed E-state index contributed by atoms with van der Waals surface area (Å²) in [5.74, 6) is 0. The van der Waals surface area contributed by atoms with Gasteiger partial charge in [0.25, 0.3) is 6.16 Å².